The van der Waals surface area contributed by atoms with Gasteiger partial charge in [-0.2, -0.15) is 0 Å². The number of ether oxygens (including phenoxy) is 1. The van der Waals surface area contributed by atoms with Crippen LogP contribution in [-0.4, -0.2) is 37.2 Å². The first kappa shape index (κ1) is 15.3. The number of carbonyl (C=O) groups excluding carboxylic acids is 2. The van der Waals surface area contributed by atoms with Gasteiger partial charge in [0.15, 0.2) is 5.92 Å². The Labute approximate surface area is 133 Å². The van der Waals surface area contributed by atoms with Crippen LogP contribution in [0.2, 0.25) is 5.02 Å². The molecule has 0 radical (unpaired) electrons. The number of hydrogen-bond acceptors (Lipinski definition) is 5. The Balaban J connectivity index is 2.20. The molecule has 2 aliphatic rings. The lowest BCUT2D eigenvalue weighted by atomic mass is 9.97. The fraction of sp³-hybridized carbons (Fsp3) is 0.429. The lowest BCUT2D eigenvalue weighted by Crippen LogP contribution is -2.48. The van der Waals surface area contributed by atoms with Gasteiger partial charge in [0.25, 0.3) is 15.9 Å². The SMILES string of the molecule is CCOC(=O)C1C(=O)N(C2CC2)S(=O)(=O)c2ccc(Cl)cc21. The summed E-state index contributed by atoms with van der Waals surface area (Å²) in [6.45, 7) is 1.73. The first-order chi connectivity index (χ1) is 10.4. The van der Waals surface area contributed by atoms with Gasteiger partial charge in [0.1, 0.15) is 0 Å². The molecule has 6 nitrogen and oxygen atoms in total. The van der Waals surface area contributed by atoms with E-state index in [0.29, 0.717) is 12.8 Å². The number of carbonyl (C=O) groups is 2. The quantitative estimate of drug-likeness (QED) is 0.616. The van der Waals surface area contributed by atoms with Gasteiger partial charge in [-0.1, -0.05) is 11.6 Å². The van der Waals surface area contributed by atoms with Gasteiger partial charge in [0, 0.05) is 11.1 Å². The van der Waals surface area contributed by atoms with Gasteiger partial charge in [0.05, 0.1) is 11.5 Å². The molecule has 1 aromatic rings. The molecular formula is C14H14ClNO5S. The zero-order chi connectivity index (χ0) is 16.1. The van der Waals surface area contributed by atoms with Crippen molar-refractivity contribution in [3.05, 3.63) is 28.8 Å². The Bertz CT molecular complexity index is 756. The molecule has 22 heavy (non-hydrogen) atoms. The van der Waals surface area contributed by atoms with Gasteiger partial charge >= 0.3 is 5.97 Å². The topological polar surface area (TPSA) is 80.8 Å². The van der Waals surface area contributed by atoms with E-state index in [1.54, 1.807) is 6.92 Å². The average molecular weight is 344 g/mol. The van der Waals surface area contributed by atoms with Gasteiger partial charge < -0.3 is 4.74 Å². The van der Waals surface area contributed by atoms with E-state index >= 15 is 0 Å². The maximum atomic E-state index is 12.6. The molecule has 118 valence electrons. The monoisotopic (exact) mass is 343 g/mol. The van der Waals surface area contributed by atoms with Crippen molar-refractivity contribution in [2.45, 2.75) is 36.6 Å². The zero-order valence-electron chi connectivity index (χ0n) is 11.8. The highest BCUT2D eigenvalue weighted by atomic mass is 35.5. The van der Waals surface area contributed by atoms with Crippen LogP contribution < -0.4 is 0 Å². The number of hydrogen-bond donors (Lipinski definition) is 0. The van der Waals surface area contributed by atoms with E-state index in [1.165, 1.54) is 18.2 Å². The molecule has 1 aliphatic heterocycles. The number of nitrogens with zero attached hydrogens (tertiary/aromatic N) is 1. The lowest BCUT2D eigenvalue weighted by Gasteiger charge is -2.32. The molecule has 0 spiro atoms. The maximum absolute atomic E-state index is 12.6. The van der Waals surface area contributed by atoms with E-state index in [-0.39, 0.29) is 28.1 Å². The summed E-state index contributed by atoms with van der Waals surface area (Å²) >= 11 is 5.90. The largest absolute Gasteiger partial charge is 0.465 e. The normalized spacial score (nSPS) is 23.1. The van der Waals surface area contributed by atoms with Crippen molar-refractivity contribution in [1.29, 1.82) is 0 Å². The summed E-state index contributed by atoms with van der Waals surface area (Å²) in [5.41, 5.74) is 0.0906. The minimum atomic E-state index is -3.95. The molecule has 1 atom stereocenters. The number of sulfonamides is 1. The Morgan fingerprint density at radius 1 is 1.41 bits per heavy atom. The third-order valence-corrected chi connectivity index (χ3v) is 5.84. The smallest absolute Gasteiger partial charge is 0.323 e. The highest BCUT2D eigenvalue weighted by Crippen LogP contribution is 2.42. The van der Waals surface area contributed by atoms with Crippen LogP contribution in [0.25, 0.3) is 0 Å². The second-order valence-electron chi connectivity index (χ2n) is 5.24. The van der Waals surface area contributed by atoms with Gasteiger partial charge in [-0.3, -0.25) is 9.59 Å². The molecule has 1 fully saturated rings. The first-order valence-corrected chi connectivity index (χ1v) is 8.74. The van der Waals surface area contributed by atoms with Gasteiger partial charge in [0.2, 0.25) is 0 Å². The number of esters is 1. The minimum absolute atomic E-state index is 0.0542. The van der Waals surface area contributed by atoms with Gasteiger partial charge in [-0.05, 0) is 43.5 Å². The summed E-state index contributed by atoms with van der Waals surface area (Å²) in [6.07, 6.45) is 1.23. The van der Waals surface area contributed by atoms with E-state index in [9.17, 15) is 18.0 Å². The van der Waals surface area contributed by atoms with Crippen molar-refractivity contribution < 1.29 is 22.7 Å². The number of amides is 1. The second-order valence-corrected chi connectivity index (χ2v) is 7.46. The number of fused-ring (bicyclic) bond motifs is 1. The summed E-state index contributed by atoms with van der Waals surface area (Å²) < 4.78 is 31.1. The van der Waals surface area contributed by atoms with Gasteiger partial charge in [-0.25, -0.2) is 12.7 Å². The van der Waals surface area contributed by atoms with Crippen molar-refractivity contribution in [1.82, 2.24) is 4.31 Å². The predicted octanol–water partition coefficient (Wildman–Crippen LogP) is 1.68. The summed E-state index contributed by atoms with van der Waals surface area (Å²) in [5.74, 6) is -2.79. The summed E-state index contributed by atoms with van der Waals surface area (Å²) in [5, 5.41) is 0.260. The predicted molar refractivity (Wildman–Crippen MR) is 77.9 cm³/mol. The molecule has 0 aromatic heterocycles. The standard InChI is InChI=1S/C14H14ClNO5S/c1-2-21-14(18)12-10-7-8(15)3-6-11(10)22(19,20)16(13(12)17)9-4-5-9/h3,6-7,9,12H,2,4-5H2,1H3. The van der Waals surface area contributed by atoms with Crippen LogP contribution in [0, 0.1) is 0 Å². The molecule has 1 saturated carbocycles. The van der Waals surface area contributed by atoms with Crippen molar-refractivity contribution in [3.8, 4) is 0 Å². The zero-order valence-corrected chi connectivity index (χ0v) is 13.4. The van der Waals surface area contributed by atoms with E-state index in [1.807, 2.05) is 0 Å². The van der Waals surface area contributed by atoms with Crippen LogP contribution in [0.5, 0.6) is 0 Å². The molecule has 1 aromatic carbocycles. The second kappa shape index (κ2) is 5.24. The molecule has 0 bridgehead atoms. The summed E-state index contributed by atoms with van der Waals surface area (Å²) in [7, 11) is -3.95. The van der Waals surface area contributed by atoms with E-state index < -0.39 is 27.8 Å². The van der Waals surface area contributed by atoms with Crippen molar-refractivity contribution >= 4 is 33.5 Å². The number of rotatable bonds is 3. The Hall–Kier alpha value is -1.60. The minimum Gasteiger partial charge on any atom is -0.465 e. The summed E-state index contributed by atoms with van der Waals surface area (Å²) in [6, 6.07) is 3.75. The fourth-order valence-corrected chi connectivity index (χ4v) is 4.66. The Morgan fingerprint density at radius 2 is 2.09 bits per heavy atom. The molecule has 1 aliphatic carbocycles. The summed E-state index contributed by atoms with van der Waals surface area (Å²) in [4.78, 5) is 24.7. The van der Waals surface area contributed by atoms with E-state index in [0.717, 1.165) is 4.31 Å². The van der Waals surface area contributed by atoms with Crippen LogP contribution in [0.4, 0.5) is 0 Å². The molecule has 3 rings (SSSR count). The Kier molecular flexibility index (Phi) is 3.65. The third kappa shape index (κ3) is 2.28. The van der Waals surface area contributed by atoms with Crippen LogP contribution in [0.3, 0.4) is 0 Å². The van der Waals surface area contributed by atoms with Crippen molar-refractivity contribution in [3.63, 3.8) is 0 Å². The highest BCUT2D eigenvalue weighted by molar-refractivity contribution is 7.89. The molecule has 8 heteroatoms. The molecule has 1 amide bonds. The molecule has 0 saturated heterocycles. The highest BCUT2D eigenvalue weighted by Gasteiger charge is 2.52. The molecular weight excluding hydrogens is 330 g/mol. The molecule has 0 N–H and O–H groups in total. The Morgan fingerprint density at radius 3 is 2.68 bits per heavy atom. The first-order valence-electron chi connectivity index (χ1n) is 6.92. The number of benzene rings is 1. The number of halogens is 1. The average Bonchev–Trinajstić information content (AvgIpc) is 3.22. The van der Waals surface area contributed by atoms with Crippen LogP contribution >= 0.6 is 11.6 Å². The van der Waals surface area contributed by atoms with Crippen LogP contribution in [0.15, 0.2) is 23.1 Å². The molecule has 1 heterocycles. The van der Waals surface area contributed by atoms with E-state index in [2.05, 4.69) is 0 Å². The van der Waals surface area contributed by atoms with Gasteiger partial charge in [-0.15, -0.1) is 0 Å². The van der Waals surface area contributed by atoms with Crippen LogP contribution in [0.1, 0.15) is 31.2 Å². The van der Waals surface area contributed by atoms with Crippen molar-refractivity contribution in [2.75, 3.05) is 6.61 Å². The van der Waals surface area contributed by atoms with Crippen LogP contribution in [-0.2, 0) is 24.3 Å². The van der Waals surface area contributed by atoms with E-state index in [4.69, 9.17) is 16.3 Å². The van der Waals surface area contributed by atoms with Crippen molar-refractivity contribution in [2.24, 2.45) is 0 Å². The third-order valence-electron chi connectivity index (χ3n) is 3.68. The fourth-order valence-electron chi connectivity index (χ4n) is 2.60. The lowest BCUT2D eigenvalue weighted by molar-refractivity contribution is -0.150. The molecule has 1 unspecified atom stereocenters. The maximum Gasteiger partial charge on any atom is 0.323 e.